The minimum absolute atomic E-state index is 0.0263. The molecule has 1 fully saturated rings. The molecule has 1 amide bonds. The molecule has 1 saturated heterocycles. The van der Waals surface area contributed by atoms with E-state index in [0.29, 0.717) is 24.3 Å². The topological polar surface area (TPSA) is 76.8 Å². The molecule has 1 aliphatic heterocycles. The normalized spacial score (nSPS) is 19.2. The van der Waals surface area contributed by atoms with Gasteiger partial charge in [0.2, 0.25) is 0 Å². The number of carbonyl (C=O) groups excluding carboxylic acids is 1. The summed E-state index contributed by atoms with van der Waals surface area (Å²) in [7, 11) is -1.49. The molecule has 26 heavy (non-hydrogen) atoms. The minimum atomic E-state index is -3.08. The molecule has 3 rings (SSSR count). The van der Waals surface area contributed by atoms with E-state index in [4.69, 9.17) is 9.15 Å². The molecule has 1 aromatic carbocycles. The highest BCUT2D eigenvalue weighted by Gasteiger charge is 2.36. The molecule has 0 aliphatic carbocycles. The second-order valence-corrected chi connectivity index (χ2v) is 9.56. The van der Waals surface area contributed by atoms with E-state index in [0.717, 1.165) is 10.9 Å². The predicted octanol–water partition coefficient (Wildman–Crippen LogP) is 3.04. The summed E-state index contributed by atoms with van der Waals surface area (Å²) in [6.07, 6.45) is 0.480. The summed E-state index contributed by atoms with van der Waals surface area (Å²) in [5.74, 6) is 1.12. The molecule has 0 radical (unpaired) electrons. The van der Waals surface area contributed by atoms with Crippen LogP contribution in [-0.2, 0) is 9.84 Å². The van der Waals surface area contributed by atoms with Crippen LogP contribution in [0.15, 0.2) is 22.6 Å². The number of nitrogens with zero attached hydrogens (tertiary/aromatic N) is 1. The zero-order valence-corrected chi connectivity index (χ0v) is 16.4. The molecule has 2 aromatic rings. The van der Waals surface area contributed by atoms with Gasteiger partial charge < -0.3 is 14.1 Å². The Morgan fingerprint density at radius 2 is 2.12 bits per heavy atom. The molecular formula is C19H25NO5S. The van der Waals surface area contributed by atoms with E-state index >= 15 is 0 Å². The zero-order valence-electron chi connectivity index (χ0n) is 15.6. The highest BCUT2D eigenvalue weighted by atomic mass is 32.2. The summed E-state index contributed by atoms with van der Waals surface area (Å²) >= 11 is 0. The van der Waals surface area contributed by atoms with Gasteiger partial charge in [-0.1, -0.05) is 13.8 Å². The van der Waals surface area contributed by atoms with Crippen molar-refractivity contribution in [2.75, 3.05) is 25.2 Å². The Balaban J connectivity index is 1.98. The third-order valence-corrected chi connectivity index (χ3v) is 6.56. The van der Waals surface area contributed by atoms with Gasteiger partial charge in [0.05, 0.1) is 18.6 Å². The number of sulfone groups is 1. The second kappa shape index (κ2) is 6.95. The quantitative estimate of drug-likeness (QED) is 0.798. The number of fused-ring (bicyclic) bond motifs is 1. The fraction of sp³-hybridized carbons (Fsp3) is 0.526. The first kappa shape index (κ1) is 18.8. The van der Waals surface area contributed by atoms with Crippen LogP contribution in [0, 0.1) is 12.8 Å². The van der Waals surface area contributed by atoms with E-state index in [-0.39, 0.29) is 35.1 Å². The highest BCUT2D eigenvalue weighted by Crippen LogP contribution is 2.31. The van der Waals surface area contributed by atoms with Crippen molar-refractivity contribution in [2.45, 2.75) is 33.2 Å². The Morgan fingerprint density at radius 1 is 1.38 bits per heavy atom. The average Bonchev–Trinajstić information content (AvgIpc) is 3.11. The number of hydrogen-bond acceptors (Lipinski definition) is 5. The highest BCUT2D eigenvalue weighted by molar-refractivity contribution is 7.91. The fourth-order valence-electron chi connectivity index (χ4n) is 3.47. The van der Waals surface area contributed by atoms with Crippen LogP contribution in [0.3, 0.4) is 0 Å². The van der Waals surface area contributed by atoms with Crippen molar-refractivity contribution < 1.29 is 22.4 Å². The van der Waals surface area contributed by atoms with Crippen LogP contribution in [0.5, 0.6) is 5.75 Å². The van der Waals surface area contributed by atoms with Crippen molar-refractivity contribution in [3.05, 3.63) is 29.5 Å². The number of rotatable bonds is 5. The van der Waals surface area contributed by atoms with Crippen molar-refractivity contribution in [1.82, 2.24) is 4.90 Å². The van der Waals surface area contributed by atoms with Crippen molar-refractivity contribution in [3.8, 4) is 5.75 Å². The van der Waals surface area contributed by atoms with E-state index in [1.54, 1.807) is 24.1 Å². The van der Waals surface area contributed by atoms with Crippen LogP contribution in [0.25, 0.3) is 11.0 Å². The molecule has 1 aliphatic rings. The number of hydrogen-bond donors (Lipinski definition) is 0. The van der Waals surface area contributed by atoms with Gasteiger partial charge in [-0.05, 0) is 37.5 Å². The second-order valence-electron chi connectivity index (χ2n) is 7.33. The lowest BCUT2D eigenvalue weighted by Gasteiger charge is -2.29. The first-order chi connectivity index (χ1) is 12.2. The Bertz CT molecular complexity index is 929. The van der Waals surface area contributed by atoms with Gasteiger partial charge in [0.25, 0.3) is 5.91 Å². The first-order valence-electron chi connectivity index (χ1n) is 8.80. The molecule has 0 N–H and O–H groups in total. The molecule has 6 nitrogen and oxygen atoms in total. The number of amides is 1. The third kappa shape index (κ3) is 3.58. The maximum Gasteiger partial charge on any atom is 0.290 e. The van der Waals surface area contributed by atoms with E-state index in [2.05, 4.69) is 0 Å². The van der Waals surface area contributed by atoms with Gasteiger partial charge in [-0.15, -0.1) is 0 Å². The van der Waals surface area contributed by atoms with Crippen LogP contribution >= 0.6 is 0 Å². The SMILES string of the molecule is COc1ccc2oc(C(=O)N(CC(C)C)[C@H]3CCS(=O)(=O)C3)c(C)c2c1. The van der Waals surface area contributed by atoms with Crippen LogP contribution in [-0.4, -0.2) is 50.4 Å². The van der Waals surface area contributed by atoms with Gasteiger partial charge in [0.1, 0.15) is 11.3 Å². The molecule has 7 heteroatoms. The first-order valence-corrected chi connectivity index (χ1v) is 10.6. The van der Waals surface area contributed by atoms with Crippen LogP contribution in [0.2, 0.25) is 0 Å². The summed E-state index contributed by atoms with van der Waals surface area (Å²) in [5.41, 5.74) is 1.37. The monoisotopic (exact) mass is 379 g/mol. The number of aryl methyl sites for hydroxylation is 1. The molecule has 0 saturated carbocycles. The van der Waals surface area contributed by atoms with Gasteiger partial charge in [0.15, 0.2) is 15.6 Å². The van der Waals surface area contributed by atoms with Crippen molar-refractivity contribution >= 4 is 26.7 Å². The van der Waals surface area contributed by atoms with Crippen molar-refractivity contribution in [2.24, 2.45) is 5.92 Å². The Hall–Kier alpha value is -2.02. The molecule has 2 heterocycles. The van der Waals surface area contributed by atoms with E-state index in [9.17, 15) is 13.2 Å². The van der Waals surface area contributed by atoms with Gasteiger partial charge in [-0.25, -0.2) is 8.42 Å². The number of carbonyl (C=O) groups is 1. The van der Waals surface area contributed by atoms with Crippen molar-refractivity contribution in [3.63, 3.8) is 0 Å². The molecule has 0 unspecified atom stereocenters. The molecule has 0 spiro atoms. The Kier molecular flexibility index (Phi) is 5.01. The molecule has 1 atom stereocenters. The Morgan fingerprint density at radius 3 is 2.69 bits per heavy atom. The predicted molar refractivity (Wildman–Crippen MR) is 100 cm³/mol. The molecule has 1 aromatic heterocycles. The van der Waals surface area contributed by atoms with E-state index in [1.807, 2.05) is 26.8 Å². The minimum Gasteiger partial charge on any atom is -0.497 e. The number of ether oxygens (including phenoxy) is 1. The maximum absolute atomic E-state index is 13.2. The van der Waals surface area contributed by atoms with Crippen molar-refractivity contribution in [1.29, 1.82) is 0 Å². The fourth-order valence-corrected chi connectivity index (χ4v) is 5.20. The Labute approximate surface area is 154 Å². The summed E-state index contributed by atoms with van der Waals surface area (Å²) in [5, 5.41) is 0.830. The zero-order chi connectivity index (χ0) is 19.1. The summed E-state index contributed by atoms with van der Waals surface area (Å²) in [4.78, 5) is 14.9. The lowest BCUT2D eigenvalue weighted by Crippen LogP contribution is -2.43. The smallest absolute Gasteiger partial charge is 0.290 e. The largest absolute Gasteiger partial charge is 0.497 e. The van der Waals surface area contributed by atoms with Crippen LogP contribution in [0.1, 0.15) is 36.4 Å². The van der Waals surface area contributed by atoms with Gasteiger partial charge in [-0.2, -0.15) is 0 Å². The summed E-state index contributed by atoms with van der Waals surface area (Å²) < 4.78 is 34.9. The number of benzene rings is 1. The van der Waals surface area contributed by atoms with Crippen LogP contribution in [0.4, 0.5) is 0 Å². The standard InChI is InChI=1S/C19H25NO5S/c1-12(2)10-20(14-7-8-26(22,23)11-14)19(21)18-13(3)16-9-15(24-4)5-6-17(16)25-18/h5-6,9,12,14H,7-8,10-11H2,1-4H3/t14-/m0/s1. The van der Waals surface area contributed by atoms with E-state index < -0.39 is 9.84 Å². The molecular weight excluding hydrogens is 354 g/mol. The van der Waals surface area contributed by atoms with E-state index in [1.165, 1.54) is 0 Å². The number of furan rings is 1. The third-order valence-electron chi connectivity index (χ3n) is 4.81. The van der Waals surface area contributed by atoms with Crippen LogP contribution < -0.4 is 4.74 Å². The number of methoxy groups -OCH3 is 1. The average molecular weight is 379 g/mol. The van der Waals surface area contributed by atoms with Gasteiger partial charge >= 0.3 is 0 Å². The maximum atomic E-state index is 13.2. The lowest BCUT2D eigenvalue weighted by molar-refractivity contribution is 0.0641. The summed E-state index contributed by atoms with van der Waals surface area (Å²) in [6.45, 7) is 6.37. The molecule has 0 bridgehead atoms. The lowest BCUT2D eigenvalue weighted by atomic mass is 10.1. The van der Waals surface area contributed by atoms with Gasteiger partial charge in [0, 0.05) is 23.5 Å². The summed E-state index contributed by atoms with van der Waals surface area (Å²) in [6, 6.07) is 5.12. The van der Waals surface area contributed by atoms with Gasteiger partial charge in [-0.3, -0.25) is 4.79 Å². The molecule has 142 valence electrons.